The maximum absolute atomic E-state index is 5.66. The molecule has 0 fully saturated rings. The molecule has 0 radical (unpaired) electrons. The summed E-state index contributed by atoms with van der Waals surface area (Å²) in [6.07, 6.45) is 2.78. The third-order valence-corrected chi connectivity index (χ3v) is 2.82. The normalized spacial score (nSPS) is 10.4. The Kier molecular flexibility index (Phi) is 5.38. The van der Waals surface area contributed by atoms with Crippen molar-refractivity contribution in [2.75, 3.05) is 19.7 Å². The van der Waals surface area contributed by atoms with Gasteiger partial charge in [-0.3, -0.25) is 4.98 Å². The van der Waals surface area contributed by atoms with Gasteiger partial charge in [0, 0.05) is 31.4 Å². The summed E-state index contributed by atoms with van der Waals surface area (Å²) in [5.74, 6) is 0.937. The summed E-state index contributed by atoms with van der Waals surface area (Å²) in [5.41, 5.74) is 2.34. The zero-order valence-electron chi connectivity index (χ0n) is 11.3. The lowest BCUT2D eigenvalue weighted by atomic mass is 10.2. The third kappa shape index (κ3) is 5.10. The van der Waals surface area contributed by atoms with E-state index in [1.54, 1.807) is 0 Å². The number of aryl methyl sites for hydroxylation is 1. The molecule has 0 amide bonds. The van der Waals surface area contributed by atoms with Crippen molar-refractivity contribution in [3.63, 3.8) is 0 Å². The van der Waals surface area contributed by atoms with E-state index in [9.17, 15) is 0 Å². The quantitative estimate of drug-likeness (QED) is 0.773. The van der Waals surface area contributed by atoms with Crippen LogP contribution >= 0.6 is 0 Å². The molecule has 3 heteroatoms. The van der Waals surface area contributed by atoms with E-state index in [0.29, 0.717) is 6.61 Å². The number of ether oxygens (including phenoxy) is 1. The lowest BCUT2D eigenvalue weighted by Crippen LogP contribution is -2.23. The average Bonchev–Trinajstić information content (AvgIpc) is 2.44. The highest BCUT2D eigenvalue weighted by molar-refractivity contribution is 5.27. The standard InChI is InChI=1S/C16H20N2O/c1-14-5-4-7-16(13-14)19-12-11-17-10-8-15-6-2-3-9-18-15/h2-7,9,13,17H,8,10-12H2,1H3. The summed E-state index contributed by atoms with van der Waals surface area (Å²) in [6, 6.07) is 14.1. The van der Waals surface area contributed by atoms with Crippen molar-refractivity contribution in [1.29, 1.82) is 0 Å². The molecule has 0 bridgehead atoms. The number of pyridine rings is 1. The molecule has 0 saturated heterocycles. The first-order chi connectivity index (χ1) is 9.34. The van der Waals surface area contributed by atoms with Crippen LogP contribution in [-0.2, 0) is 6.42 Å². The Balaban J connectivity index is 1.58. The van der Waals surface area contributed by atoms with Crippen LogP contribution in [-0.4, -0.2) is 24.7 Å². The van der Waals surface area contributed by atoms with E-state index in [-0.39, 0.29) is 0 Å². The van der Waals surface area contributed by atoms with Crippen molar-refractivity contribution >= 4 is 0 Å². The molecule has 0 aliphatic heterocycles. The molecule has 2 aromatic rings. The molecule has 1 aromatic heterocycles. The Morgan fingerprint density at radius 2 is 2.05 bits per heavy atom. The second-order valence-corrected chi connectivity index (χ2v) is 4.49. The summed E-state index contributed by atoms with van der Waals surface area (Å²) >= 11 is 0. The van der Waals surface area contributed by atoms with E-state index in [2.05, 4.69) is 23.3 Å². The van der Waals surface area contributed by atoms with Gasteiger partial charge in [0.05, 0.1) is 0 Å². The van der Waals surface area contributed by atoms with Gasteiger partial charge in [-0.25, -0.2) is 0 Å². The summed E-state index contributed by atoms with van der Waals surface area (Å²) in [6.45, 7) is 4.53. The fourth-order valence-corrected chi connectivity index (χ4v) is 1.83. The molecule has 0 spiro atoms. The van der Waals surface area contributed by atoms with Gasteiger partial charge in [-0.15, -0.1) is 0 Å². The van der Waals surface area contributed by atoms with Crippen LogP contribution in [0, 0.1) is 6.92 Å². The summed E-state index contributed by atoms with van der Waals surface area (Å²) in [5, 5.41) is 3.35. The topological polar surface area (TPSA) is 34.1 Å². The highest BCUT2D eigenvalue weighted by Crippen LogP contribution is 2.11. The molecular formula is C16H20N2O. The zero-order chi connectivity index (χ0) is 13.3. The lowest BCUT2D eigenvalue weighted by Gasteiger charge is -2.08. The first kappa shape index (κ1) is 13.6. The first-order valence-electron chi connectivity index (χ1n) is 6.65. The highest BCUT2D eigenvalue weighted by Gasteiger charge is 1.95. The molecule has 0 aliphatic carbocycles. The molecule has 1 N–H and O–H groups in total. The van der Waals surface area contributed by atoms with Crippen molar-refractivity contribution in [2.24, 2.45) is 0 Å². The van der Waals surface area contributed by atoms with E-state index in [1.807, 2.05) is 42.6 Å². The number of benzene rings is 1. The molecule has 1 heterocycles. The largest absolute Gasteiger partial charge is 0.492 e. The van der Waals surface area contributed by atoms with Gasteiger partial charge in [0.2, 0.25) is 0 Å². The minimum atomic E-state index is 0.686. The third-order valence-electron chi connectivity index (χ3n) is 2.82. The predicted molar refractivity (Wildman–Crippen MR) is 77.5 cm³/mol. The molecule has 3 nitrogen and oxygen atoms in total. The van der Waals surface area contributed by atoms with Gasteiger partial charge in [0.1, 0.15) is 12.4 Å². The van der Waals surface area contributed by atoms with E-state index in [1.165, 1.54) is 5.56 Å². The van der Waals surface area contributed by atoms with Gasteiger partial charge in [0.25, 0.3) is 0 Å². The van der Waals surface area contributed by atoms with Crippen molar-refractivity contribution in [1.82, 2.24) is 10.3 Å². The van der Waals surface area contributed by atoms with E-state index in [4.69, 9.17) is 4.74 Å². The van der Waals surface area contributed by atoms with Gasteiger partial charge in [-0.1, -0.05) is 18.2 Å². The van der Waals surface area contributed by atoms with Gasteiger partial charge in [-0.2, -0.15) is 0 Å². The Morgan fingerprint density at radius 3 is 2.84 bits per heavy atom. The van der Waals surface area contributed by atoms with Crippen LogP contribution in [0.5, 0.6) is 5.75 Å². The molecule has 0 aliphatic rings. The maximum Gasteiger partial charge on any atom is 0.119 e. The van der Waals surface area contributed by atoms with Crippen molar-refractivity contribution in [3.8, 4) is 5.75 Å². The summed E-state index contributed by atoms with van der Waals surface area (Å²) < 4.78 is 5.66. The van der Waals surface area contributed by atoms with Gasteiger partial charge in [-0.05, 0) is 36.8 Å². The molecular weight excluding hydrogens is 236 g/mol. The van der Waals surface area contributed by atoms with Gasteiger partial charge >= 0.3 is 0 Å². The first-order valence-corrected chi connectivity index (χ1v) is 6.65. The minimum Gasteiger partial charge on any atom is -0.492 e. The Hall–Kier alpha value is -1.87. The molecule has 0 atom stereocenters. The van der Waals surface area contributed by atoms with Gasteiger partial charge < -0.3 is 10.1 Å². The van der Waals surface area contributed by atoms with E-state index in [0.717, 1.165) is 31.0 Å². The highest BCUT2D eigenvalue weighted by atomic mass is 16.5. The van der Waals surface area contributed by atoms with Crippen LogP contribution in [0.3, 0.4) is 0 Å². The monoisotopic (exact) mass is 256 g/mol. The van der Waals surface area contributed by atoms with Gasteiger partial charge in [0.15, 0.2) is 0 Å². The number of rotatable bonds is 7. The predicted octanol–water partition coefficient (Wildman–Crippen LogP) is 2.60. The number of nitrogens with zero attached hydrogens (tertiary/aromatic N) is 1. The maximum atomic E-state index is 5.66. The lowest BCUT2D eigenvalue weighted by molar-refractivity contribution is 0.314. The number of aromatic nitrogens is 1. The minimum absolute atomic E-state index is 0.686. The molecule has 1 aromatic carbocycles. The van der Waals surface area contributed by atoms with Crippen LogP contribution < -0.4 is 10.1 Å². The fourth-order valence-electron chi connectivity index (χ4n) is 1.83. The van der Waals surface area contributed by atoms with Crippen LogP contribution in [0.4, 0.5) is 0 Å². The Bertz CT molecular complexity index is 485. The number of hydrogen-bond acceptors (Lipinski definition) is 3. The SMILES string of the molecule is Cc1cccc(OCCNCCc2ccccn2)c1. The smallest absolute Gasteiger partial charge is 0.119 e. The Morgan fingerprint density at radius 1 is 1.11 bits per heavy atom. The number of hydrogen-bond donors (Lipinski definition) is 1. The average molecular weight is 256 g/mol. The van der Waals surface area contributed by atoms with Crippen LogP contribution in [0.1, 0.15) is 11.3 Å². The number of nitrogens with one attached hydrogen (secondary N) is 1. The molecule has 0 saturated carbocycles. The van der Waals surface area contributed by atoms with E-state index >= 15 is 0 Å². The van der Waals surface area contributed by atoms with E-state index < -0.39 is 0 Å². The fraction of sp³-hybridized carbons (Fsp3) is 0.312. The van der Waals surface area contributed by atoms with Crippen molar-refractivity contribution in [2.45, 2.75) is 13.3 Å². The molecule has 19 heavy (non-hydrogen) atoms. The summed E-state index contributed by atoms with van der Waals surface area (Å²) in [4.78, 5) is 4.28. The van der Waals surface area contributed by atoms with Crippen molar-refractivity contribution < 1.29 is 4.74 Å². The van der Waals surface area contributed by atoms with Crippen LogP contribution in [0.2, 0.25) is 0 Å². The molecule has 0 unspecified atom stereocenters. The molecule has 2 rings (SSSR count). The van der Waals surface area contributed by atoms with Crippen LogP contribution in [0.25, 0.3) is 0 Å². The second kappa shape index (κ2) is 7.54. The molecule has 100 valence electrons. The Labute approximate surface area is 114 Å². The van der Waals surface area contributed by atoms with Crippen molar-refractivity contribution in [3.05, 3.63) is 59.9 Å². The second-order valence-electron chi connectivity index (χ2n) is 4.49. The zero-order valence-corrected chi connectivity index (χ0v) is 11.3. The summed E-state index contributed by atoms with van der Waals surface area (Å²) in [7, 11) is 0. The van der Waals surface area contributed by atoms with Crippen LogP contribution in [0.15, 0.2) is 48.7 Å².